The maximum Gasteiger partial charge on any atom is 0.0146 e. The third-order valence-corrected chi connectivity index (χ3v) is 6.25. The number of rotatable bonds is 2. The predicted octanol–water partition coefficient (Wildman–Crippen LogP) is 6.54. The first kappa shape index (κ1) is 17.3. The molecule has 1 aliphatic carbocycles. The van der Waals surface area contributed by atoms with Gasteiger partial charge in [-0.15, -0.1) is 0 Å². The predicted molar refractivity (Wildman–Crippen MR) is 105 cm³/mol. The molecule has 0 unspecified atom stereocenters. The van der Waals surface area contributed by atoms with E-state index < -0.39 is 0 Å². The van der Waals surface area contributed by atoms with Gasteiger partial charge in [0.05, 0.1) is 0 Å². The number of fused-ring (bicyclic) bond motifs is 1. The molecule has 0 bridgehead atoms. The van der Waals surface area contributed by atoms with Gasteiger partial charge < -0.3 is 0 Å². The first-order chi connectivity index (χ1) is 11.0. The third-order valence-electron chi connectivity index (χ3n) is 6.25. The molecule has 0 spiro atoms. The Bertz CT molecular complexity index is 742. The van der Waals surface area contributed by atoms with E-state index in [-0.39, 0.29) is 16.2 Å². The molecular weight excluding hydrogens is 288 g/mol. The minimum absolute atomic E-state index is 0.000397. The largest absolute Gasteiger partial charge is 0.0587 e. The molecular formula is C24H31. The summed E-state index contributed by atoms with van der Waals surface area (Å²) >= 11 is 0. The highest BCUT2D eigenvalue weighted by atomic mass is 14.4. The minimum Gasteiger partial charge on any atom is -0.0587 e. The van der Waals surface area contributed by atoms with E-state index >= 15 is 0 Å². The standard InChI is InChI=1S/C24H31/c1-17-8-10-18(11-9-17)24(6,7)19-12-13-20-21(16-19)23(4,5)15-14-22(20,2)3/h8-13,16H,1,14-15H2,2-7H3. The summed E-state index contributed by atoms with van der Waals surface area (Å²) in [5.41, 5.74) is 7.44. The summed E-state index contributed by atoms with van der Waals surface area (Å²) in [6.07, 6.45) is 2.52. The summed E-state index contributed by atoms with van der Waals surface area (Å²) in [7, 11) is 0. The van der Waals surface area contributed by atoms with Crippen LogP contribution in [0.3, 0.4) is 0 Å². The van der Waals surface area contributed by atoms with Gasteiger partial charge in [-0.25, -0.2) is 0 Å². The van der Waals surface area contributed by atoms with E-state index in [1.807, 2.05) is 0 Å². The van der Waals surface area contributed by atoms with Crippen molar-refractivity contribution in [3.8, 4) is 0 Å². The van der Waals surface area contributed by atoms with Crippen LogP contribution in [0, 0.1) is 6.92 Å². The van der Waals surface area contributed by atoms with Gasteiger partial charge in [0.1, 0.15) is 0 Å². The van der Waals surface area contributed by atoms with Crippen LogP contribution in [0.4, 0.5) is 0 Å². The molecule has 0 aromatic heterocycles. The third kappa shape index (κ3) is 2.81. The van der Waals surface area contributed by atoms with Crippen molar-refractivity contribution >= 4 is 0 Å². The van der Waals surface area contributed by atoms with Gasteiger partial charge in [0.2, 0.25) is 0 Å². The number of benzene rings is 2. The van der Waals surface area contributed by atoms with Gasteiger partial charge in [-0.1, -0.05) is 84.0 Å². The Morgan fingerprint density at radius 3 is 1.83 bits per heavy atom. The smallest absolute Gasteiger partial charge is 0.0146 e. The van der Waals surface area contributed by atoms with Crippen LogP contribution in [0.2, 0.25) is 0 Å². The summed E-state index contributed by atoms with van der Waals surface area (Å²) in [6.45, 7) is 18.2. The van der Waals surface area contributed by atoms with E-state index in [0.717, 1.165) is 5.56 Å². The fourth-order valence-corrected chi connectivity index (χ4v) is 4.07. The quantitative estimate of drug-likeness (QED) is 0.589. The highest BCUT2D eigenvalue weighted by Gasteiger charge is 2.38. The second-order valence-electron chi connectivity index (χ2n) is 9.35. The lowest BCUT2D eigenvalue weighted by Gasteiger charge is -2.43. The van der Waals surface area contributed by atoms with Crippen molar-refractivity contribution in [2.24, 2.45) is 0 Å². The van der Waals surface area contributed by atoms with E-state index in [9.17, 15) is 0 Å². The summed E-state index contributed by atoms with van der Waals surface area (Å²) in [5.74, 6) is 0. The van der Waals surface area contributed by atoms with Crippen molar-refractivity contribution in [2.45, 2.75) is 70.6 Å². The monoisotopic (exact) mass is 319 g/mol. The van der Waals surface area contributed by atoms with Gasteiger partial charge in [0.25, 0.3) is 0 Å². The lowest BCUT2D eigenvalue weighted by molar-refractivity contribution is 0.331. The average Bonchev–Trinajstić information content (AvgIpc) is 2.52. The molecule has 2 aromatic rings. The Morgan fingerprint density at radius 1 is 0.750 bits per heavy atom. The molecule has 0 heterocycles. The van der Waals surface area contributed by atoms with Crippen LogP contribution in [0.15, 0.2) is 42.5 Å². The first-order valence-electron chi connectivity index (χ1n) is 9.12. The average molecular weight is 320 g/mol. The lowest BCUT2D eigenvalue weighted by atomic mass is 9.62. The van der Waals surface area contributed by atoms with Crippen molar-refractivity contribution in [1.29, 1.82) is 0 Å². The minimum atomic E-state index is 0.000397. The molecule has 0 aliphatic heterocycles. The van der Waals surface area contributed by atoms with E-state index in [0.29, 0.717) is 0 Å². The molecule has 0 heteroatoms. The lowest BCUT2D eigenvalue weighted by Crippen LogP contribution is -2.34. The Balaban J connectivity index is 2.12. The molecule has 1 aliphatic rings. The summed E-state index contributed by atoms with van der Waals surface area (Å²) in [6, 6.07) is 15.9. The fraction of sp³-hybridized carbons (Fsp3) is 0.458. The van der Waals surface area contributed by atoms with Crippen molar-refractivity contribution < 1.29 is 0 Å². The molecule has 0 saturated heterocycles. The van der Waals surface area contributed by atoms with Crippen molar-refractivity contribution in [1.82, 2.24) is 0 Å². The van der Waals surface area contributed by atoms with Crippen LogP contribution in [0.1, 0.15) is 82.2 Å². The zero-order valence-corrected chi connectivity index (χ0v) is 16.2. The number of hydrogen-bond acceptors (Lipinski definition) is 0. The second-order valence-corrected chi connectivity index (χ2v) is 9.35. The van der Waals surface area contributed by atoms with Crippen LogP contribution >= 0.6 is 0 Å². The molecule has 0 nitrogen and oxygen atoms in total. The van der Waals surface area contributed by atoms with Crippen LogP contribution in [-0.2, 0) is 16.2 Å². The van der Waals surface area contributed by atoms with Gasteiger partial charge in [0.15, 0.2) is 0 Å². The van der Waals surface area contributed by atoms with Gasteiger partial charge in [-0.2, -0.15) is 0 Å². The highest BCUT2D eigenvalue weighted by Crippen LogP contribution is 2.47. The summed E-state index contributed by atoms with van der Waals surface area (Å²) in [5, 5.41) is 0. The van der Waals surface area contributed by atoms with Gasteiger partial charge >= 0.3 is 0 Å². The molecule has 2 aromatic carbocycles. The number of hydrogen-bond donors (Lipinski definition) is 0. The Kier molecular flexibility index (Phi) is 3.94. The van der Waals surface area contributed by atoms with E-state index in [1.54, 1.807) is 0 Å². The van der Waals surface area contributed by atoms with Gasteiger partial charge in [0, 0.05) is 5.41 Å². The molecule has 1 radical (unpaired) electrons. The van der Waals surface area contributed by atoms with Gasteiger partial charge in [-0.3, -0.25) is 0 Å². The van der Waals surface area contributed by atoms with Crippen LogP contribution in [0.25, 0.3) is 0 Å². The zero-order valence-electron chi connectivity index (χ0n) is 16.2. The molecule has 0 fully saturated rings. The maximum absolute atomic E-state index is 4.01. The maximum atomic E-state index is 4.01. The molecule has 24 heavy (non-hydrogen) atoms. The SMILES string of the molecule is [CH2]c1ccc(C(C)(C)c2ccc3c(c2)C(C)(C)CCC3(C)C)cc1. The normalized spacial score (nSPS) is 19.0. The van der Waals surface area contributed by atoms with Crippen molar-refractivity contribution in [3.05, 3.63) is 77.2 Å². The molecule has 3 rings (SSSR count). The second kappa shape index (κ2) is 5.48. The van der Waals surface area contributed by atoms with E-state index in [2.05, 4.69) is 90.9 Å². The Morgan fingerprint density at radius 2 is 1.25 bits per heavy atom. The summed E-state index contributed by atoms with van der Waals surface area (Å²) in [4.78, 5) is 0. The van der Waals surface area contributed by atoms with Crippen LogP contribution in [-0.4, -0.2) is 0 Å². The van der Waals surface area contributed by atoms with E-state index in [1.165, 1.54) is 35.1 Å². The molecule has 0 N–H and O–H groups in total. The van der Waals surface area contributed by atoms with Crippen LogP contribution < -0.4 is 0 Å². The van der Waals surface area contributed by atoms with Crippen LogP contribution in [0.5, 0.6) is 0 Å². The topological polar surface area (TPSA) is 0 Å². The van der Waals surface area contributed by atoms with E-state index in [4.69, 9.17) is 0 Å². The molecule has 0 saturated carbocycles. The highest BCUT2D eigenvalue weighted by molar-refractivity contribution is 5.48. The Hall–Kier alpha value is -1.56. The zero-order chi connectivity index (χ0) is 17.8. The molecule has 0 atom stereocenters. The first-order valence-corrected chi connectivity index (χ1v) is 9.12. The fourth-order valence-electron chi connectivity index (χ4n) is 4.07. The summed E-state index contributed by atoms with van der Waals surface area (Å²) < 4.78 is 0. The molecule has 127 valence electrons. The Labute approximate surface area is 148 Å². The van der Waals surface area contributed by atoms with Crippen molar-refractivity contribution in [2.75, 3.05) is 0 Å². The van der Waals surface area contributed by atoms with Crippen molar-refractivity contribution in [3.63, 3.8) is 0 Å². The molecule has 0 amide bonds. The van der Waals surface area contributed by atoms with Gasteiger partial charge in [-0.05, 0) is 58.4 Å².